The molecule has 5 nitrogen and oxygen atoms in total. The summed E-state index contributed by atoms with van der Waals surface area (Å²) in [4.78, 5) is 14.9. The van der Waals surface area contributed by atoms with Crippen molar-refractivity contribution in [2.24, 2.45) is 0 Å². The first-order valence-corrected chi connectivity index (χ1v) is 14.0. The normalized spacial score (nSPS) is 13.6. The molecule has 0 saturated carbocycles. The van der Waals surface area contributed by atoms with Crippen LogP contribution in [-0.2, 0) is 10.5 Å². The van der Waals surface area contributed by atoms with Crippen molar-refractivity contribution in [2.45, 2.75) is 55.8 Å². The molecule has 0 bridgehead atoms. The number of rotatable bonds is 5. The summed E-state index contributed by atoms with van der Waals surface area (Å²) < 4.78 is 10.5. The summed E-state index contributed by atoms with van der Waals surface area (Å²) >= 11 is 7.62. The fourth-order valence-corrected chi connectivity index (χ4v) is 5.08. The summed E-state index contributed by atoms with van der Waals surface area (Å²) in [5.41, 5.74) is 2.73. The van der Waals surface area contributed by atoms with Gasteiger partial charge in [-0.2, -0.15) is 5.26 Å². The van der Waals surface area contributed by atoms with E-state index in [0.29, 0.717) is 17.2 Å². The maximum absolute atomic E-state index is 12.0. The lowest BCUT2D eigenvalue weighted by Crippen LogP contribution is -2.41. The van der Waals surface area contributed by atoms with E-state index in [1.807, 2.05) is 69.3 Å². The minimum atomic E-state index is -0.426. The number of carbonyl (C=O) groups excluding carboxylic acids is 1. The molecule has 0 aromatic heterocycles. The van der Waals surface area contributed by atoms with E-state index in [1.54, 1.807) is 23.8 Å². The smallest absolute Gasteiger partial charge is 0.410 e. The molecule has 1 aliphatic heterocycles. The molecule has 1 fully saturated rings. The molecule has 1 amide bonds. The van der Waals surface area contributed by atoms with Crippen molar-refractivity contribution in [1.82, 2.24) is 4.90 Å². The van der Waals surface area contributed by atoms with Crippen molar-refractivity contribution < 1.29 is 14.3 Å². The first-order chi connectivity index (χ1) is 18.2. The number of nitrogens with zero attached hydrogens (tertiary/aromatic N) is 2. The lowest BCUT2D eigenvalue weighted by Gasteiger charge is -2.33. The van der Waals surface area contributed by atoms with E-state index < -0.39 is 5.60 Å². The molecular formula is C31H35ClN2O3S. The highest BCUT2D eigenvalue weighted by Gasteiger charge is 2.27. The zero-order valence-corrected chi connectivity index (χ0v) is 24.0. The average molecular weight is 551 g/mol. The average Bonchev–Trinajstić information content (AvgIpc) is 2.92. The van der Waals surface area contributed by atoms with Gasteiger partial charge in [0.05, 0.1) is 12.7 Å². The topological polar surface area (TPSA) is 62.6 Å². The fourth-order valence-electron chi connectivity index (χ4n) is 4.06. The van der Waals surface area contributed by atoms with E-state index in [1.165, 1.54) is 11.1 Å². The van der Waals surface area contributed by atoms with Crippen molar-refractivity contribution >= 4 is 29.5 Å². The Hall–Kier alpha value is -3.14. The van der Waals surface area contributed by atoms with Gasteiger partial charge in [-0.3, -0.25) is 0 Å². The molecule has 200 valence electrons. The SMILES string of the molecule is CC(C)(C)OC(=O)N1CCC(c2ccc(Cl)cc2)CC1.COc1ccc(SCc2ccccc2)cc1C#N. The molecular weight excluding hydrogens is 516 g/mol. The van der Waals surface area contributed by atoms with Crippen LogP contribution in [0.5, 0.6) is 5.75 Å². The predicted octanol–water partition coefficient (Wildman–Crippen LogP) is 8.31. The van der Waals surface area contributed by atoms with Crippen LogP contribution >= 0.6 is 23.4 Å². The van der Waals surface area contributed by atoms with Gasteiger partial charge in [0.15, 0.2) is 0 Å². The molecule has 0 aliphatic carbocycles. The van der Waals surface area contributed by atoms with E-state index in [2.05, 4.69) is 30.3 Å². The van der Waals surface area contributed by atoms with Gasteiger partial charge in [0.2, 0.25) is 0 Å². The van der Waals surface area contributed by atoms with Gasteiger partial charge in [-0.25, -0.2) is 4.79 Å². The van der Waals surface area contributed by atoms with Gasteiger partial charge < -0.3 is 14.4 Å². The van der Waals surface area contributed by atoms with Crippen LogP contribution in [0.4, 0.5) is 4.79 Å². The first-order valence-electron chi connectivity index (χ1n) is 12.7. The van der Waals surface area contributed by atoms with E-state index >= 15 is 0 Å². The molecule has 0 N–H and O–H groups in total. The maximum Gasteiger partial charge on any atom is 0.410 e. The van der Waals surface area contributed by atoms with Crippen LogP contribution in [0.25, 0.3) is 0 Å². The number of carbonyl (C=O) groups is 1. The second-order valence-electron chi connectivity index (χ2n) is 10.0. The Labute approximate surface area is 235 Å². The van der Waals surface area contributed by atoms with Crippen LogP contribution in [0.1, 0.15) is 56.2 Å². The number of halogens is 1. The zero-order valence-electron chi connectivity index (χ0n) is 22.4. The van der Waals surface area contributed by atoms with Crippen molar-refractivity contribution in [2.75, 3.05) is 20.2 Å². The van der Waals surface area contributed by atoms with Crippen LogP contribution < -0.4 is 4.74 Å². The van der Waals surface area contributed by atoms with Gasteiger partial charge in [-0.15, -0.1) is 11.8 Å². The minimum Gasteiger partial charge on any atom is -0.495 e. The van der Waals surface area contributed by atoms with Crippen LogP contribution in [0.2, 0.25) is 5.02 Å². The molecule has 4 rings (SSSR count). The number of hydrogen-bond acceptors (Lipinski definition) is 5. The highest BCUT2D eigenvalue weighted by molar-refractivity contribution is 7.98. The highest BCUT2D eigenvalue weighted by Crippen LogP contribution is 2.30. The second kappa shape index (κ2) is 14.1. The van der Waals surface area contributed by atoms with Gasteiger partial charge in [0.1, 0.15) is 17.4 Å². The molecule has 1 aliphatic rings. The third-order valence-corrected chi connectivity index (χ3v) is 7.34. The maximum atomic E-state index is 12.0. The fraction of sp³-hybridized carbons (Fsp3) is 0.355. The summed E-state index contributed by atoms with van der Waals surface area (Å²) in [6.07, 6.45) is 1.74. The first kappa shape index (κ1) is 29.4. The molecule has 1 saturated heterocycles. The Kier molecular flexibility index (Phi) is 10.9. The second-order valence-corrected chi connectivity index (χ2v) is 11.5. The van der Waals surface area contributed by atoms with Gasteiger partial charge in [0.25, 0.3) is 0 Å². The van der Waals surface area contributed by atoms with Crippen molar-refractivity contribution in [1.29, 1.82) is 5.26 Å². The Bertz CT molecular complexity index is 1210. The van der Waals surface area contributed by atoms with Crippen LogP contribution in [0, 0.1) is 11.3 Å². The molecule has 3 aromatic carbocycles. The summed E-state index contributed by atoms with van der Waals surface area (Å²) in [6.45, 7) is 7.19. The minimum absolute atomic E-state index is 0.202. The third kappa shape index (κ3) is 9.31. The quantitative estimate of drug-likeness (QED) is 0.299. The summed E-state index contributed by atoms with van der Waals surface area (Å²) in [5, 5.41) is 9.78. The third-order valence-electron chi connectivity index (χ3n) is 6.03. The van der Waals surface area contributed by atoms with Crippen molar-refractivity contribution in [3.8, 4) is 11.8 Å². The Morgan fingerprint density at radius 3 is 2.29 bits per heavy atom. The number of amides is 1. The molecule has 38 heavy (non-hydrogen) atoms. The van der Waals surface area contributed by atoms with Gasteiger partial charge in [-0.1, -0.05) is 54.1 Å². The van der Waals surface area contributed by atoms with E-state index in [-0.39, 0.29) is 6.09 Å². The highest BCUT2D eigenvalue weighted by atomic mass is 35.5. The lowest BCUT2D eigenvalue weighted by molar-refractivity contribution is 0.0205. The monoisotopic (exact) mass is 550 g/mol. The number of ether oxygens (including phenoxy) is 2. The lowest BCUT2D eigenvalue weighted by atomic mass is 9.90. The number of benzene rings is 3. The Morgan fingerprint density at radius 2 is 1.71 bits per heavy atom. The van der Waals surface area contributed by atoms with Crippen molar-refractivity contribution in [3.05, 3.63) is 94.5 Å². The van der Waals surface area contributed by atoms with Crippen molar-refractivity contribution in [3.63, 3.8) is 0 Å². The van der Waals surface area contributed by atoms with Crippen LogP contribution in [0.3, 0.4) is 0 Å². The molecule has 0 radical (unpaired) electrons. The molecule has 0 atom stereocenters. The molecule has 0 unspecified atom stereocenters. The summed E-state index contributed by atoms with van der Waals surface area (Å²) in [5.74, 6) is 2.03. The summed E-state index contributed by atoms with van der Waals surface area (Å²) in [7, 11) is 1.58. The number of thioether (sulfide) groups is 1. The number of nitriles is 1. The number of piperidine rings is 1. The molecule has 0 spiro atoms. The summed E-state index contributed by atoms with van der Waals surface area (Å²) in [6, 6.07) is 26.1. The number of hydrogen-bond donors (Lipinski definition) is 0. The zero-order chi connectivity index (χ0) is 27.5. The Balaban J connectivity index is 0.000000212. The molecule has 7 heteroatoms. The van der Waals surface area contributed by atoms with Crippen LogP contribution in [0.15, 0.2) is 77.7 Å². The van der Waals surface area contributed by atoms with Gasteiger partial charge in [-0.05, 0) is 81.0 Å². The molecule has 1 heterocycles. The predicted molar refractivity (Wildman–Crippen MR) is 155 cm³/mol. The van der Waals surface area contributed by atoms with E-state index in [9.17, 15) is 4.79 Å². The van der Waals surface area contributed by atoms with E-state index in [4.69, 9.17) is 26.3 Å². The van der Waals surface area contributed by atoms with E-state index in [0.717, 1.165) is 41.6 Å². The number of methoxy groups -OCH3 is 1. The van der Waals surface area contributed by atoms with Crippen LogP contribution in [-0.4, -0.2) is 36.8 Å². The largest absolute Gasteiger partial charge is 0.495 e. The van der Waals surface area contributed by atoms with Gasteiger partial charge >= 0.3 is 6.09 Å². The molecule has 3 aromatic rings. The number of likely N-dealkylation sites (tertiary alicyclic amines) is 1. The standard InChI is InChI=1S/C16H22ClNO2.C15H13NOS/c1-16(2,3)20-15(19)18-10-8-13(9-11-18)12-4-6-14(17)7-5-12;1-17-15-8-7-14(9-13(15)10-16)18-11-12-5-3-2-4-6-12/h4-7,13H,8-11H2,1-3H3;2-9H,11H2,1H3. The Morgan fingerprint density at radius 1 is 1.05 bits per heavy atom. The van der Waals surface area contributed by atoms with Gasteiger partial charge in [0, 0.05) is 28.8 Å².